The molecular weight excluding hydrogens is 220 g/mol. The molecule has 3 nitrogen and oxygen atoms in total. The number of hydrogen-bond donors (Lipinski definition) is 2. The van der Waals surface area contributed by atoms with Crippen LogP contribution in [-0.4, -0.2) is 25.2 Å². The first kappa shape index (κ1) is 12.6. The molecule has 1 rings (SSSR count). The highest BCUT2D eigenvalue weighted by atomic mass is 32.2. The number of terminal acetylenes is 1. The summed E-state index contributed by atoms with van der Waals surface area (Å²) in [5.41, 5.74) is 7.46. The highest BCUT2D eigenvalue weighted by molar-refractivity contribution is 7.99. The van der Waals surface area contributed by atoms with E-state index in [1.807, 2.05) is 18.2 Å². The number of rotatable bonds is 6. The third-order valence-electron chi connectivity index (χ3n) is 2.03. The molecule has 0 atom stereocenters. The highest BCUT2D eigenvalue weighted by Crippen LogP contribution is 2.28. The Morgan fingerprint density at radius 2 is 2.38 bits per heavy atom. The number of anilines is 2. The van der Waals surface area contributed by atoms with Gasteiger partial charge in [0, 0.05) is 12.3 Å². The number of ether oxygens (including phenoxy) is 1. The van der Waals surface area contributed by atoms with Gasteiger partial charge >= 0.3 is 0 Å². The van der Waals surface area contributed by atoms with Crippen LogP contribution < -0.4 is 15.8 Å². The minimum atomic E-state index is 0.645. The van der Waals surface area contributed by atoms with Crippen LogP contribution >= 0.6 is 11.8 Å². The van der Waals surface area contributed by atoms with Gasteiger partial charge in [-0.2, -0.15) is 0 Å². The summed E-state index contributed by atoms with van der Waals surface area (Å²) in [6, 6.07) is 5.68. The van der Waals surface area contributed by atoms with Crippen LogP contribution in [0.15, 0.2) is 18.2 Å². The largest absolute Gasteiger partial charge is 0.495 e. The molecule has 0 aliphatic heterocycles. The van der Waals surface area contributed by atoms with Gasteiger partial charge in [0.25, 0.3) is 0 Å². The zero-order valence-corrected chi connectivity index (χ0v) is 10.1. The van der Waals surface area contributed by atoms with Crippen LogP contribution in [0.4, 0.5) is 11.4 Å². The van der Waals surface area contributed by atoms with E-state index >= 15 is 0 Å². The number of thioether (sulfide) groups is 1. The van der Waals surface area contributed by atoms with E-state index in [1.165, 1.54) is 0 Å². The van der Waals surface area contributed by atoms with E-state index in [4.69, 9.17) is 16.9 Å². The third kappa shape index (κ3) is 3.59. The van der Waals surface area contributed by atoms with Gasteiger partial charge < -0.3 is 15.8 Å². The summed E-state index contributed by atoms with van der Waals surface area (Å²) in [5.74, 6) is 4.99. The Bertz CT molecular complexity index is 374. The second kappa shape index (κ2) is 6.91. The lowest BCUT2D eigenvalue weighted by Gasteiger charge is -2.11. The van der Waals surface area contributed by atoms with Crippen molar-refractivity contribution >= 4 is 23.1 Å². The van der Waals surface area contributed by atoms with E-state index in [9.17, 15) is 0 Å². The van der Waals surface area contributed by atoms with Crippen molar-refractivity contribution in [2.24, 2.45) is 0 Å². The topological polar surface area (TPSA) is 47.3 Å². The number of para-hydroxylation sites is 1. The number of nitrogens with two attached hydrogens (primary N) is 1. The molecule has 0 aromatic heterocycles. The summed E-state index contributed by atoms with van der Waals surface area (Å²) in [5, 5.41) is 3.25. The van der Waals surface area contributed by atoms with Crippen LogP contribution in [0.25, 0.3) is 0 Å². The number of methoxy groups -OCH3 is 1. The highest BCUT2D eigenvalue weighted by Gasteiger charge is 2.03. The normalized spacial score (nSPS) is 9.50. The summed E-state index contributed by atoms with van der Waals surface area (Å²) in [6.07, 6.45) is 5.16. The minimum Gasteiger partial charge on any atom is -0.495 e. The Morgan fingerprint density at radius 1 is 1.56 bits per heavy atom. The van der Waals surface area contributed by atoms with Gasteiger partial charge in [-0.25, -0.2) is 0 Å². The fourth-order valence-electron chi connectivity index (χ4n) is 1.27. The lowest BCUT2D eigenvalue weighted by molar-refractivity contribution is 0.417. The molecule has 0 bridgehead atoms. The first-order valence-electron chi connectivity index (χ1n) is 4.97. The second-order valence-corrected chi connectivity index (χ2v) is 4.21. The van der Waals surface area contributed by atoms with E-state index in [2.05, 4.69) is 11.2 Å². The average molecular weight is 236 g/mol. The molecule has 0 radical (unpaired) electrons. The number of benzene rings is 1. The van der Waals surface area contributed by atoms with Gasteiger partial charge in [0.05, 0.1) is 24.2 Å². The first-order valence-corrected chi connectivity index (χ1v) is 6.12. The molecule has 0 unspecified atom stereocenters. The van der Waals surface area contributed by atoms with Gasteiger partial charge in [-0.05, 0) is 12.1 Å². The molecular formula is C12H16N2OS. The van der Waals surface area contributed by atoms with E-state index in [0.717, 1.165) is 23.7 Å². The maximum atomic E-state index is 5.91. The van der Waals surface area contributed by atoms with Gasteiger partial charge in [-0.3, -0.25) is 0 Å². The van der Waals surface area contributed by atoms with Crippen LogP contribution in [0.2, 0.25) is 0 Å². The van der Waals surface area contributed by atoms with Crippen LogP contribution in [0.1, 0.15) is 0 Å². The summed E-state index contributed by atoms with van der Waals surface area (Å²) >= 11 is 1.72. The van der Waals surface area contributed by atoms with Crippen LogP contribution in [0, 0.1) is 12.3 Å². The van der Waals surface area contributed by atoms with E-state index in [1.54, 1.807) is 18.9 Å². The molecule has 1 aromatic carbocycles. The average Bonchev–Trinajstić information content (AvgIpc) is 2.31. The molecule has 0 spiro atoms. The van der Waals surface area contributed by atoms with Crippen LogP contribution in [-0.2, 0) is 0 Å². The Kier molecular flexibility index (Phi) is 5.44. The van der Waals surface area contributed by atoms with E-state index in [-0.39, 0.29) is 0 Å². The lowest BCUT2D eigenvalue weighted by Crippen LogP contribution is -2.07. The smallest absolute Gasteiger partial charge is 0.143 e. The van der Waals surface area contributed by atoms with Gasteiger partial charge in [0.1, 0.15) is 5.75 Å². The maximum Gasteiger partial charge on any atom is 0.143 e. The molecule has 0 aliphatic rings. The molecule has 1 aromatic rings. The Hall–Kier alpha value is -1.47. The fourth-order valence-corrected chi connectivity index (χ4v) is 1.77. The molecule has 0 aliphatic carbocycles. The first-order chi connectivity index (χ1) is 7.79. The minimum absolute atomic E-state index is 0.645. The van der Waals surface area contributed by atoms with Crippen molar-refractivity contribution in [3.05, 3.63) is 18.2 Å². The number of hydrogen-bond acceptors (Lipinski definition) is 4. The third-order valence-corrected chi connectivity index (χ3v) is 2.90. The van der Waals surface area contributed by atoms with Gasteiger partial charge in [0.2, 0.25) is 0 Å². The van der Waals surface area contributed by atoms with Crippen molar-refractivity contribution in [1.29, 1.82) is 0 Å². The molecule has 4 heteroatoms. The molecule has 16 heavy (non-hydrogen) atoms. The predicted molar refractivity (Wildman–Crippen MR) is 72.1 cm³/mol. The molecule has 0 saturated carbocycles. The quantitative estimate of drug-likeness (QED) is 0.451. The molecule has 3 N–H and O–H groups in total. The number of nitrogens with one attached hydrogen (secondary N) is 1. The zero-order valence-electron chi connectivity index (χ0n) is 9.32. The van der Waals surface area contributed by atoms with Crippen molar-refractivity contribution in [2.75, 3.05) is 36.2 Å². The Morgan fingerprint density at radius 3 is 3.06 bits per heavy atom. The fraction of sp³-hybridized carbons (Fsp3) is 0.333. The molecule has 0 saturated heterocycles. The predicted octanol–water partition coefficient (Wildman–Crippen LogP) is 2.06. The number of nitrogen functional groups attached to an aromatic ring is 1. The summed E-state index contributed by atoms with van der Waals surface area (Å²) < 4.78 is 5.13. The molecule has 0 amide bonds. The SMILES string of the molecule is C#CCSCCNc1cccc(OC)c1N. The van der Waals surface area contributed by atoms with Crippen molar-refractivity contribution in [1.82, 2.24) is 0 Å². The molecule has 86 valence electrons. The second-order valence-electron chi connectivity index (χ2n) is 3.10. The maximum absolute atomic E-state index is 5.91. The molecule has 0 heterocycles. The van der Waals surface area contributed by atoms with Crippen molar-refractivity contribution in [3.63, 3.8) is 0 Å². The van der Waals surface area contributed by atoms with Crippen molar-refractivity contribution in [2.45, 2.75) is 0 Å². The monoisotopic (exact) mass is 236 g/mol. The van der Waals surface area contributed by atoms with Gasteiger partial charge in [-0.1, -0.05) is 12.0 Å². The lowest BCUT2D eigenvalue weighted by atomic mass is 10.2. The van der Waals surface area contributed by atoms with Crippen molar-refractivity contribution < 1.29 is 4.74 Å². The standard InChI is InChI=1S/C12H16N2OS/c1-3-8-16-9-7-14-10-5-4-6-11(15-2)12(10)13/h1,4-6,14H,7-9,13H2,2H3. The van der Waals surface area contributed by atoms with Crippen LogP contribution in [0.5, 0.6) is 5.75 Å². The zero-order chi connectivity index (χ0) is 11.8. The summed E-state index contributed by atoms with van der Waals surface area (Å²) in [4.78, 5) is 0. The Labute approximate surface area is 101 Å². The van der Waals surface area contributed by atoms with E-state index < -0.39 is 0 Å². The van der Waals surface area contributed by atoms with E-state index in [0.29, 0.717) is 11.4 Å². The van der Waals surface area contributed by atoms with Gasteiger partial charge in [0.15, 0.2) is 0 Å². The van der Waals surface area contributed by atoms with Crippen LogP contribution in [0.3, 0.4) is 0 Å². The van der Waals surface area contributed by atoms with Crippen molar-refractivity contribution in [3.8, 4) is 18.1 Å². The van der Waals surface area contributed by atoms with Gasteiger partial charge in [-0.15, -0.1) is 18.2 Å². The summed E-state index contributed by atoms with van der Waals surface area (Å²) in [7, 11) is 1.61. The summed E-state index contributed by atoms with van der Waals surface area (Å²) in [6.45, 7) is 0.837. The Balaban J connectivity index is 2.45. The molecule has 0 fully saturated rings.